The van der Waals surface area contributed by atoms with Gasteiger partial charge in [-0.3, -0.25) is 9.69 Å². The van der Waals surface area contributed by atoms with Crippen LogP contribution in [0.3, 0.4) is 0 Å². The van der Waals surface area contributed by atoms with Crippen LogP contribution >= 0.6 is 0 Å². The lowest BCUT2D eigenvalue weighted by Gasteiger charge is -2.40. The summed E-state index contributed by atoms with van der Waals surface area (Å²) < 4.78 is 5.36. The van der Waals surface area contributed by atoms with Gasteiger partial charge in [0.25, 0.3) is 0 Å². The number of piperidine rings is 1. The second-order valence-corrected chi connectivity index (χ2v) is 6.29. The first-order valence-corrected chi connectivity index (χ1v) is 7.47. The van der Waals surface area contributed by atoms with Gasteiger partial charge in [0.1, 0.15) is 0 Å². The molecule has 2 rings (SSSR count). The number of ether oxygens (including phenoxy) is 1. The number of nitrogens with zero attached hydrogens (tertiary/aromatic N) is 1. The molecule has 0 aliphatic carbocycles. The SMILES string of the molecule is CC(C)(C(=O)CC1CCOCC1)N1CCCCC1. The Kier molecular flexibility index (Phi) is 4.79. The number of Topliss-reactive ketones (excluding diaryl/α,β-unsaturated/α-hetero) is 1. The van der Waals surface area contributed by atoms with Crippen LogP contribution in [0.1, 0.15) is 52.4 Å². The Balaban J connectivity index is 1.88. The first-order valence-electron chi connectivity index (χ1n) is 7.47. The standard InChI is InChI=1S/C15H27NO2/c1-15(2,16-8-4-3-5-9-16)14(17)12-13-6-10-18-11-7-13/h13H,3-12H2,1-2H3. The molecule has 0 bridgehead atoms. The predicted octanol–water partition coefficient (Wildman–Crippen LogP) is 2.64. The van der Waals surface area contributed by atoms with Gasteiger partial charge in [0.05, 0.1) is 5.54 Å². The van der Waals surface area contributed by atoms with E-state index in [1.807, 2.05) is 0 Å². The number of ketones is 1. The fraction of sp³-hybridized carbons (Fsp3) is 0.933. The zero-order valence-corrected chi connectivity index (χ0v) is 11.9. The summed E-state index contributed by atoms with van der Waals surface area (Å²) in [6, 6.07) is 0. The summed E-state index contributed by atoms with van der Waals surface area (Å²) in [6.45, 7) is 8.07. The van der Waals surface area contributed by atoms with Crippen molar-refractivity contribution in [2.24, 2.45) is 5.92 Å². The average Bonchev–Trinajstić information content (AvgIpc) is 2.41. The van der Waals surface area contributed by atoms with E-state index in [-0.39, 0.29) is 5.54 Å². The molecule has 2 fully saturated rings. The third-order valence-corrected chi connectivity index (χ3v) is 4.64. The molecule has 3 nitrogen and oxygen atoms in total. The van der Waals surface area contributed by atoms with E-state index in [9.17, 15) is 4.79 Å². The maximum atomic E-state index is 12.5. The maximum absolute atomic E-state index is 12.5. The zero-order valence-electron chi connectivity index (χ0n) is 11.9. The highest BCUT2D eigenvalue weighted by Crippen LogP contribution is 2.27. The molecule has 0 aromatic carbocycles. The van der Waals surface area contributed by atoms with Crippen molar-refractivity contribution in [2.75, 3.05) is 26.3 Å². The Labute approximate surface area is 111 Å². The van der Waals surface area contributed by atoms with E-state index >= 15 is 0 Å². The van der Waals surface area contributed by atoms with E-state index in [0.717, 1.165) is 45.6 Å². The second kappa shape index (κ2) is 6.16. The highest BCUT2D eigenvalue weighted by molar-refractivity contribution is 5.87. The highest BCUT2D eigenvalue weighted by Gasteiger charge is 2.35. The molecule has 0 aromatic heterocycles. The first kappa shape index (κ1) is 14.0. The summed E-state index contributed by atoms with van der Waals surface area (Å²) in [4.78, 5) is 14.9. The van der Waals surface area contributed by atoms with Gasteiger partial charge < -0.3 is 4.74 Å². The van der Waals surface area contributed by atoms with Crippen molar-refractivity contribution in [3.63, 3.8) is 0 Å². The summed E-state index contributed by atoms with van der Waals surface area (Å²) in [5, 5.41) is 0. The molecule has 0 atom stereocenters. The van der Waals surface area contributed by atoms with Crippen LogP contribution in [-0.4, -0.2) is 42.5 Å². The van der Waals surface area contributed by atoms with Crippen molar-refractivity contribution in [3.8, 4) is 0 Å². The highest BCUT2D eigenvalue weighted by atomic mass is 16.5. The van der Waals surface area contributed by atoms with Crippen LogP contribution in [0, 0.1) is 5.92 Å². The zero-order chi connectivity index (χ0) is 13.0. The Hall–Kier alpha value is -0.410. The number of hydrogen-bond donors (Lipinski definition) is 0. The second-order valence-electron chi connectivity index (χ2n) is 6.29. The molecular formula is C15H27NO2. The van der Waals surface area contributed by atoms with Crippen molar-refractivity contribution in [2.45, 2.75) is 57.9 Å². The molecular weight excluding hydrogens is 226 g/mol. The van der Waals surface area contributed by atoms with Crippen LogP contribution < -0.4 is 0 Å². The average molecular weight is 253 g/mol. The van der Waals surface area contributed by atoms with Crippen LogP contribution in [0.5, 0.6) is 0 Å². The molecule has 2 aliphatic rings. The number of rotatable bonds is 4. The van der Waals surface area contributed by atoms with E-state index in [1.165, 1.54) is 19.3 Å². The molecule has 0 saturated carbocycles. The van der Waals surface area contributed by atoms with Gasteiger partial charge in [-0.2, -0.15) is 0 Å². The minimum atomic E-state index is -0.265. The van der Waals surface area contributed by atoms with Gasteiger partial charge in [0, 0.05) is 19.6 Å². The monoisotopic (exact) mass is 253 g/mol. The molecule has 18 heavy (non-hydrogen) atoms. The van der Waals surface area contributed by atoms with Crippen molar-refractivity contribution in [1.82, 2.24) is 4.90 Å². The molecule has 0 unspecified atom stereocenters. The van der Waals surface area contributed by atoms with Crippen molar-refractivity contribution >= 4 is 5.78 Å². The van der Waals surface area contributed by atoms with Crippen molar-refractivity contribution in [3.05, 3.63) is 0 Å². The van der Waals surface area contributed by atoms with Crippen molar-refractivity contribution in [1.29, 1.82) is 0 Å². The fourth-order valence-corrected chi connectivity index (χ4v) is 3.09. The van der Waals surface area contributed by atoms with E-state index in [2.05, 4.69) is 18.7 Å². The third kappa shape index (κ3) is 3.33. The van der Waals surface area contributed by atoms with Crippen LogP contribution in [0.15, 0.2) is 0 Å². The number of likely N-dealkylation sites (tertiary alicyclic amines) is 1. The normalized spacial score (nSPS) is 24.1. The van der Waals surface area contributed by atoms with Gasteiger partial charge in [-0.25, -0.2) is 0 Å². The Morgan fingerprint density at radius 3 is 2.39 bits per heavy atom. The summed E-state index contributed by atoms with van der Waals surface area (Å²) in [5.41, 5.74) is -0.265. The summed E-state index contributed by atoms with van der Waals surface area (Å²) in [5.74, 6) is 0.978. The number of carbonyl (C=O) groups is 1. The number of hydrogen-bond acceptors (Lipinski definition) is 3. The van der Waals surface area contributed by atoms with Gasteiger partial charge >= 0.3 is 0 Å². The van der Waals surface area contributed by atoms with Gasteiger partial charge in [0.2, 0.25) is 0 Å². The Morgan fingerprint density at radius 1 is 1.17 bits per heavy atom. The lowest BCUT2D eigenvalue weighted by molar-refractivity contribution is -0.131. The fourth-order valence-electron chi connectivity index (χ4n) is 3.09. The van der Waals surface area contributed by atoms with Crippen LogP contribution in [0.4, 0.5) is 0 Å². The molecule has 2 heterocycles. The summed E-state index contributed by atoms with van der Waals surface area (Å²) in [7, 11) is 0. The third-order valence-electron chi connectivity index (χ3n) is 4.64. The molecule has 2 saturated heterocycles. The van der Waals surface area contributed by atoms with Gasteiger partial charge in [-0.15, -0.1) is 0 Å². The van der Waals surface area contributed by atoms with Crippen LogP contribution in [0.2, 0.25) is 0 Å². The van der Waals surface area contributed by atoms with Gasteiger partial charge in [-0.1, -0.05) is 6.42 Å². The topological polar surface area (TPSA) is 29.5 Å². The molecule has 104 valence electrons. The summed E-state index contributed by atoms with van der Waals surface area (Å²) >= 11 is 0. The minimum absolute atomic E-state index is 0.265. The number of carbonyl (C=O) groups excluding carboxylic acids is 1. The molecule has 0 N–H and O–H groups in total. The quantitative estimate of drug-likeness (QED) is 0.771. The van der Waals surface area contributed by atoms with E-state index in [1.54, 1.807) is 0 Å². The minimum Gasteiger partial charge on any atom is -0.381 e. The van der Waals surface area contributed by atoms with E-state index < -0.39 is 0 Å². The largest absolute Gasteiger partial charge is 0.381 e. The predicted molar refractivity (Wildman–Crippen MR) is 72.7 cm³/mol. The lowest BCUT2D eigenvalue weighted by Crippen LogP contribution is -2.52. The lowest BCUT2D eigenvalue weighted by atomic mass is 9.85. The first-order chi connectivity index (χ1) is 8.60. The van der Waals surface area contributed by atoms with Crippen LogP contribution in [0.25, 0.3) is 0 Å². The molecule has 3 heteroatoms. The maximum Gasteiger partial charge on any atom is 0.152 e. The molecule has 0 radical (unpaired) electrons. The smallest absolute Gasteiger partial charge is 0.152 e. The van der Waals surface area contributed by atoms with Gasteiger partial charge in [-0.05, 0) is 58.5 Å². The Bertz CT molecular complexity index is 276. The molecule has 0 amide bonds. The van der Waals surface area contributed by atoms with Crippen LogP contribution in [-0.2, 0) is 9.53 Å². The Morgan fingerprint density at radius 2 is 1.78 bits per heavy atom. The van der Waals surface area contributed by atoms with Crippen molar-refractivity contribution < 1.29 is 9.53 Å². The van der Waals surface area contributed by atoms with Gasteiger partial charge in [0.15, 0.2) is 5.78 Å². The molecule has 0 aromatic rings. The summed E-state index contributed by atoms with van der Waals surface area (Å²) in [6.07, 6.45) is 6.67. The molecule has 0 spiro atoms. The van der Waals surface area contributed by atoms with E-state index in [4.69, 9.17) is 4.74 Å². The molecule has 2 aliphatic heterocycles. The van der Waals surface area contributed by atoms with E-state index in [0.29, 0.717) is 11.7 Å².